The molecule has 0 radical (unpaired) electrons. The van der Waals surface area contributed by atoms with E-state index in [4.69, 9.17) is 14.2 Å². The van der Waals surface area contributed by atoms with Crippen LogP contribution in [-0.4, -0.2) is 63.3 Å². The van der Waals surface area contributed by atoms with E-state index in [0.717, 1.165) is 46.2 Å². The number of carboxylic acids is 1. The minimum Gasteiger partial charge on any atom is -0.493 e. The number of carbonyl (C=O) groups is 2. The molecule has 0 fully saturated rings. The van der Waals surface area contributed by atoms with Gasteiger partial charge in [0.25, 0.3) is 5.91 Å². The quantitative estimate of drug-likeness (QED) is 0.279. The lowest BCUT2D eigenvalue weighted by Crippen LogP contribution is -2.42. The van der Waals surface area contributed by atoms with Crippen LogP contribution in [0.4, 0.5) is 0 Å². The second-order valence-corrected chi connectivity index (χ2v) is 12.7. The third kappa shape index (κ3) is 8.18. The molecule has 3 aromatic carbocycles. The number of rotatable bonds is 14. The van der Waals surface area contributed by atoms with Gasteiger partial charge in [-0.25, -0.2) is 13.2 Å². The molecule has 0 aliphatic carbocycles. The molecule has 2 N–H and O–H groups in total. The van der Waals surface area contributed by atoms with E-state index in [9.17, 15) is 23.1 Å². The molecule has 10 heteroatoms. The van der Waals surface area contributed by atoms with Crippen LogP contribution in [0, 0.1) is 6.92 Å². The summed E-state index contributed by atoms with van der Waals surface area (Å²) in [6.45, 7) is 5.71. The second-order valence-electron chi connectivity index (χ2n) is 10.4. The first-order valence-corrected chi connectivity index (χ1v) is 16.0. The summed E-state index contributed by atoms with van der Waals surface area (Å²) in [6, 6.07) is 17.6. The van der Waals surface area contributed by atoms with Crippen LogP contribution >= 0.6 is 0 Å². The molecule has 1 aliphatic heterocycles. The lowest BCUT2D eigenvalue weighted by atomic mass is 9.93. The number of amides is 1. The first kappa shape index (κ1) is 31.2. The Morgan fingerprint density at radius 1 is 1.07 bits per heavy atom. The highest BCUT2D eigenvalue weighted by Gasteiger charge is 2.25. The van der Waals surface area contributed by atoms with Gasteiger partial charge in [-0.1, -0.05) is 36.4 Å². The predicted octanol–water partition coefficient (Wildman–Crippen LogP) is 4.51. The number of sulfone groups is 1. The molecule has 0 saturated carbocycles. The van der Waals surface area contributed by atoms with Crippen molar-refractivity contribution in [2.45, 2.75) is 45.4 Å². The molecule has 2 atom stereocenters. The molecule has 1 heterocycles. The van der Waals surface area contributed by atoms with Gasteiger partial charge < -0.3 is 24.6 Å². The van der Waals surface area contributed by atoms with Crippen LogP contribution in [0.15, 0.2) is 60.7 Å². The van der Waals surface area contributed by atoms with Crippen LogP contribution in [0.1, 0.15) is 52.1 Å². The molecule has 1 amide bonds. The van der Waals surface area contributed by atoms with E-state index in [1.807, 2.05) is 56.3 Å². The SMILES string of the molecule is CCOC[C@H](OCc1ccc(C(=O)N[C@@H](CCS(C)(=O)=O)C(=O)O)c(-c2ccccc2C)c1)c1ccc2c(c1)CCO2. The first-order valence-electron chi connectivity index (χ1n) is 13.9. The minimum absolute atomic E-state index is 0.235. The van der Waals surface area contributed by atoms with Crippen LogP contribution in [0.25, 0.3) is 11.1 Å². The predicted molar refractivity (Wildman–Crippen MR) is 159 cm³/mol. The van der Waals surface area contributed by atoms with Crippen LogP contribution in [0.2, 0.25) is 0 Å². The van der Waals surface area contributed by atoms with Crippen LogP contribution in [-0.2, 0) is 37.1 Å². The Kier molecular flexibility index (Phi) is 10.4. The van der Waals surface area contributed by atoms with Crippen LogP contribution in [0.3, 0.4) is 0 Å². The highest BCUT2D eigenvalue weighted by Crippen LogP contribution is 2.32. The lowest BCUT2D eigenvalue weighted by molar-refractivity contribution is -0.139. The number of carbonyl (C=O) groups excluding carboxylic acids is 1. The third-order valence-electron chi connectivity index (χ3n) is 7.15. The summed E-state index contributed by atoms with van der Waals surface area (Å²) >= 11 is 0. The zero-order chi connectivity index (χ0) is 30.3. The standard InChI is InChI=1S/C32H37NO8S/c1-4-39-20-30(23-10-12-29-24(18-23)13-15-40-29)41-19-22-9-11-26(27(17-22)25-8-6-5-7-21(25)2)31(34)33-28(32(35)36)14-16-42(3,37)38/h5-12,17-18,28,30H,4,13-16,19-20H2,1-3H3,(H,33,34)(H,35,36)/t28-,30-/m0/s1. The topological polar surface area (TPSA) is 128 Å². The summed E-state index contributed by atoms with van der Waals surface area (Å²) in [5.74, 6) is -1.36. The van der Waals surface area contributed by atoms with Gasteiger partial charge in [-0.15, -0.1) is 0 Å². The maximum absolute atomic E-state index is 13.4. The summed E-state index contributed by atoms with van der Waals surface area (Å²) in [5.41, 5.74) is 5.62. The molecule has 0 spiro atoms. The number of carboxylic acid groups (broad SMARTS) is 1. The van der Waals surface area contributed by atoms with Crippen molar-refractivity contribution in [3.63, 3.8) is 0 Å². The van der Waals surface area contributed by atoms with Gasteiger partial charge in [0, 0.05) is 24.8 Å². The number of aryl methyl sites for hydroxylation is 1. The zero-order valence-electron chi connectivity index (χ0n) is 24.1. The van der Waals surface area contributed by atoms with E-state index in [2.05, 4.69) is 11.4 Å². The highest BCUT2D eigenvalue weighted by atomic mass is 32.2. The summed E-state index contributed by atoms with van der Waals surface area (Å²) in [7, 11) is -3.40. The van der Waals surface area contributed by atoms with Crippen molar-refractivity contribution in [1.82, 2.24) is 5.32 Å². The number of ether oxygens (including phenoxy) is 3. The van der Waals surface area contributed by atoms with Gasteiger partial charge in [0.1, 0.15) is 27.7 Å². The molecule has 3 aromatic rings. The van der Waals surface area contributed by atoms with Crippen LogP contribution in [0.5, 0.6) is 5.75 Å². The third-order valence-corrected chi connectivity index (χ3v) is 8.13. The Hall–Kier alpha value is -3.73. The highest BCUT2D eigenvalue weighted by molar-refractivity contribution is 7.90. The molecule has 0 unspecified atom stereocenters. The Balaban J connectivity index is 1.60. The van der Waals surface area contributed by atoms with Crippen molar-refractivity contribution < 1.29 is 37.3 Å². The fourth-order valence-corrected chi connectivity index (χ4v) is 5.54. The van der Waals surface area contributed by atoms with E-state index < -0.39 is 27.8 Å². The first-order chi connectivity index (χ1) is 20.1. The van der Waals surface area contributed by atoms with Gasteiger partial charge >= 0.3 is 5.97 Å². The van der Waals surface area contributed by atoms with Crippen molar-refractivity contribution in [1.29, 1.82) is 0 Å². The van der Waals surface area contributed by atoms with E-state index in [-0.39, 0.29) is 30.4 Å². The monoisotopic (exact) mass is 595 g/mol. The number of aliphatic carboxylic acids is 1. The molecular weight excluding hydrogens is 558 g/mol. The maximum Gasteiger partial charge on any atom is 0.326 e. The Bertz CT molecular complexity index is 1540. The molecule has 0 saturated heterocycles. The lowest BCUT2D eigenvalue weighted by Gasteiger charge is -2.20. The Morgan fingerprint density at radius 2 is 1.86 bits per heavy atom. The van der Waals surface area contributed by atoms with E-state index in [1.54, 1.807) is 12.1 Å². The smallest absolute Gasteiger partial charge is 0.326 e. The number of nitrogens with one attached hydrogen (secondary N) is 1. The van der Waals surface area contributed by atoms with Gasteiger partial charge in [0.15, 0.2) is 0 Å². The van der Waals surface area contributed by atoms with Crippen molar-refractivity contribution in [2.75, 3.05) is 31.8 Å². The Labute approximate surface area is 246 Å². The molecule has 1 aliphatic rings. The number of benzene rings is 3. The van der Waals surface area contributed by atoms with E-state index in [1.165, 1.54) is 0 Å². The molecule has 9 nitrogen and oxygen atoms in total. The van der Waals surface area contributed by atoms with Gasteiger partial charge in [-0.3, -0.25) is 4.79 Å². The van der Waals surface area contributed by atoms with Gasteiger partial charge in [-0.05, 0) is 77.9 Å². The van der Waals surface area contributed by atoms with Crippen LogP contribution < -0.4 is 10.1 Å². The van der Waals surface area contributed by atoms with Crippen molar-refractivity contribution in [3.8, 4) is 16.9 Å². The van der Waals surface area contributed by atoms with Gasteiger partial charge in [0.05, 0.1) is 25.6 Å². The molecular formula is C32H37NO8S. The van der Waals surface area contributed by atoms with Gasteiger partial charge in [0.2, 0.25) is 0 Å². The number of hydrogen-bond acceptors (Lipinski definition) is 7. The number of hydrogen-bond donors (Lipinski definition) is 2. The summed E-state index contributed by atoms with van der Waals surface area (Å²) in [4.78, 5) is 25.2. The summed E-state index contributed by atoms with van der Waals surface area (Å²) in [6.07, 6.45) is 1.33. The average Bonchev–Trinajstić information content (AvgIpc) is 3.43. The fourth-order valence-electron chi connectivity index (χ4n) is 4.87. The van der Waals surface area contributed by atoms with Crippen molar-refractivity contribution >= 4 is 21.7 Å². The average molecular weight is 596 g/mol. The van der Waals surface area contributed by atoms with Crippen molar-refractivity contribution in [2.24, 2.45) is 0 Å². The maximum atomic E-state index is 13.4. The molecule has 0 bridgehead atoms. The van der Waals surface area contributed by atoms with Crippen molar-refractivity contribution in [3.05, 3.63) is 88.5 Å². The largest absolute Gasteiger partial charge is 0.493 e. The second kappa shape index (κ2) is 14.0. The zero-order valence-corrected chi connectivity index (χ0v) is 24.9. The molecule has 4 rings (SSSR count). The normalized spacial score (nSPS) is 14.1. The molecule has 0 aromatic heterocycles. The fraction of sp³-hybridized carbons (Fsp3) is 0.375. The Morgan fingerprint density at radius 3 is 2.57 bits per heavy atom. The summed E-state index contributed by atoms with van der Waals surface area (Å²) < 4.78 is 40.9. The summed E-state index contributed by atoms with van der Waals surface area (Å²) in [5, 5.41) is 12.1. The van der Waals surface area contributed by atoms with Gasteiger partial charge in [-0.2, -0.15) is 0 Å². The molecule has 224 valence electrons. The van der Waals surface area contributed by atoms with E-state index in [0.29, 0.717) is 25.4 Å². The minimum atomic E-state index is -3.40. The van der Waals surface area contributed by atoms with E-state index >= 15 is 0 Å². The molecule has 42 heavy (non-hydrogen) atoms. The number of fused-ring (bicyclic) bond motifs is 1.